The van der Waals surface area contributed by atoms with Crippen LogP contribution < -0.4 is 22.0 Å². The van der Waals surface area contributed by atoms with Crippen LogP contribution in [0.1, 0.15) is 27.9 Å². The van der Waals surface area contributed by atoms with Crippen LogP contribution >= 0.6 is 12.4 Å². The van der Waals surface area contributed by atoms with Gasteiger partial charge in [-0.2, -0.15) is 0 Å². The van der Waals surface area contributed by atoms with E-state index in [1.807, 2.05) is 56.3 Å². The van der Waals surface area contributed by atoms with Crippen LogP contribution in [0.5, 0.6) is 0 Å². The number of benzene rings is 1. The van der Waals surface area contributed by atoms with Crippen molar-refractivity contribution < 1.29 is 4.79 Å². The van der Waals surface area contributed by atoms with Gasteiger partial charge in [0.15, 0.2) is 0 Å². The van der Waals surface area contributed by atoms with E-state index in [9.17, 15) is 9.59 Å². The fourth-order valence-corrected chi connectivity index (χ4v) is 3.19. The number of nitrogen functional groups attached to an aromatic ring is 1. The van der Waals surface area contributed by atoms with E-state index in [0.717, 1.165) is 23.2 Å². The first-order chi connectivity index (χ1) is 14.4. The molecule has 0 unspecified atom stereocenters. The normalized spacial score (nSPS) is 10.3. The third kappa shape index (κ3) is 6.58. The van der Waals surface area contributed by atoms with Crippen molar-refractivity contribution in [3.8, 4) is 0 Å². The number of aryl methyl sites for hydroxylation is 2. The quantitative estimate of drug-likeness (QED) is 0.498. The van der Waals surface area contributed by atoms with Crippen LogP contribution in [0.15, 0.2) is 59.5 Å². The number of rotatable bonds is 8. The second-order valence-corrected chi connectivity index (χ2v) is 7.23. The Morgan fingerprint density at radius 2 is 1.84 bits per heavy atom. The summed E-state index contributed by atoms with van der Waals surface area (Å²) < 4.78 is 1.45. The molecule has 1 aromatic carbocycles. The number of aromatic nitrogens is 2. The van der Waals surface area contributed by atoms with Crippen molar-refractivity contribution in [3.05, 3.63) is 93.0 Å². The van der Waals surface area contributed by atoms with Crippen molar-refractivity contribution in [3.63, 3.8) is 0 Å². The molecule has 1 amide bonds. The molecule has 0 bridgehead atoms. The Morgan fingerprint density at radius 3 is 2.55 bits per heavy atom. The smallest absolute Gasteiger partial charge is 0.272 e. The van der Waals surface area contributed by atoms with E-state index >= 15 is 0 Å². The van der Waals surface area contributed by atoms with Crippen LogP contribution in [0.4, 0.5) is 5.82 Å². The summed E-state index contributed by atoms with van der Waals surface area (Å²) in [5.74, 6) is 0.233. The predicted molar refractivity (Wildman–Crippen MR) is 126 cm³/mol. The summed E-state index contributed by atoms with van der Waals surface area (Å²) in [7, 11) is 0. The highest BCUT2D eigenvalue weighted by Crippen LogP contribution is 2.08. The number of carbonyl (C=O) groups excluding carboxylic acids is 1. The number of anilines is 1. The van der Waals surface area contributed by atoms with Crippen LogP contribution in [0.2, 0.25) is 0 Å². The summed E-state index contributed by atoms with van der Waals surface area (Å²) >= 11 is 0. The Bertz CT molecular complexity index is 1080. The van der Waals surface area contributed by atoms with Crippen molar-refractivity contribution in [2.45, 2.75) is 33.2 Å². The van der Waals surface area contributed by atoms with E-state index < -0.39 is 0 Å². The Hall–Kier alpha value is -3.32. The molecular formula is C23H28ClN5O2. The van der Waals surface area contributed by atoms with Gasteiger partial charge in [-0.1, -0.05) is 36.4 Å². The summed E-state index contributed by atoms with van der Waals surface area (Å²) in [6, 6.07) is 15.4. The van der Waals surface area contributed by atoms with Crippen LogP contribution in [-0.4, -0.2) is 22.1 Å². The monoisotopic (exact) mass is 441 g/mol. The number of carbonyl (C=O) groups is 1. The standard InChI is InChI=1S/C23H27N5O2.ClH/c1-16-11-13-28(26-12-10-18-6-4-3-5-7-18)23(30)20(16)14-22(29)25-15-19-8-9-21(24)27-17(19)2;/h3-9,11,13,26H,10,12,14-15H2,1-2H3,(H2,24,27)(H,25,29);1H. The summed E-state index contributed by atoms with van der Waals surface area (Å²) in [5, 5.41) is 2.86. The van der Waals surface area contributed by atoms with Gasteiger partial charge in [-0.25, -0.2) is 9.66 Å². The summed E-state index contributed by atoms with van der Waals surface area (Å²) in [5.41, 5.74) is 12.7. The minimum atomic E-state index is -0.214. The minimum absolute atomic E-state index is 0. The third-order valence-corrected chi connectivity index (χ3v) is 5.00. The first kappa shape index (κ1) is 24.0. The second kappa shape index (κ2) is 11.2. The number of nitrogens with one attached hydrogen (secondary N) is 2. The molecule has 31 heavy (non-hydrogen) atoms. The van der Waals surface area contributed by atoms with Gasteiger partial charge in [0.05, 0.1) is 6.42 Å². The Labute approximate surface area is 188 Å². The molecule has 2 heterocycles. The lowest BCUT2D eigenvalue weighted by molar-refractivity contribution is -0.120. The van der Waals surface area contributed by atoms with Crippen LogP contribution in [-0.2, 0) is 24.2 Å². The molecule has 3 aromatic rings. The first-order valence-corrected chi connectivity index (χ1v) is 9.91. The molecule has 2 aromatic heterocycles. The molecule has 0 radical (unpaired) electrons. The van der Waals surface area contributed by atoms with Gasteiger partial charge in [-0.05, 0) is 49.1 Å². The van der Waals surface area contributed by atoms with Gasteiger partial charge in [-0.3, -0.25) is 9.59 Å². The lowest BCUT2D eigenvalue weighted by Crippen LogP contribution is -2.35. The highest BCUT2D eigenvalue weighted by Gasteiger charge is 2.12. The van der Waals surface area contributed by atoms with Crippen molar-refractivity contribution in [2.24, 2.45) is 0 Å². The zero-order valence-corrected chi connectivity index (χ0v) is 18.5. The average molecular weight is 442 g/mol. The lowest BCUT2D eigenvalue weighted by Gasteiger charge is -2.13. The van der Waals surface area contributed by atoms with Crippen molar-refractivity contribution in [1.29, 1.82) is 0 Å². The fourth-order valence-electron chi connectivity index (χ4n) is 3.19. The summed E-state index contributed by atoms with van der Waals surface area (Å²) in [6.45, 7) is 4.64. The van der Waals surface area contributed by atoms with Gasteiger partial charge in [-0.15, -0.1) is 12.4 Å². The molecule has 0 aliphatic heterocycles. The first-order valence-electron chi connectivity index (χ1n) is 9.91. The van der Waals surface area contributed by atoms with Crippen molar-refractivity contribution in [1.82, 2.24) is 15.0 Å². The predicted octanol–water partition coefficient (Wildman–Crippen LogP) is 2.51. The van der Waals surface area contributed by atoms with Crippen molar-refractivity contribution >= 4 is 24.1 Å². The Balaban J connectivity index is 0.00000341. The number of nitrogens with two attached hydrogens (primary N) is 1. The molecule has 0 fully saturated rings. The molecular weight excluding hydrogens is 414 g/mol. The zero-order chi connectivity index (χ0) is 21.5. The molecule has 0 saturated heterocycles. The van der Waals surface area contributed by atoms with E-state index in [1.54, 1.807) is 12.3 Å². The zero-order valence-electron chi connectivity index (χ0n) is 17.7. The van der Waals surface area contributed by atoms with Gasteiger partial charge in [0.1, 0.15) is 5.82 Å². The number of hydrogen-bond acceptors (Lipinski definition) is 5. The van der Waals surface area contributed by atoms with Gasteiger partial charge >= 0.3 is 0 Å². The largest absolute Gasteiger partial charge is 0.384 e. The highest BCUT2D eigenvalue weighted by molar-refractivity contribution is 5.85. The fraction of sp³-hybridized carbons (Fsp3) is 0.261. The van der Waals surface area contributed by atoms with E-state index in [0.29, 0.717) is 24.5 Å². The van der Waals surface area contributed by atoms with Gasteiger partial charge in [0, 0.05) is 30.5 Å². The average Bonchev–Trinajstić information content (AvgIpc) is 2.73. The molecule has 3 rings (SSSR count). The molecule has 4 N–H and O–H groups in total. The molecule has 0 aliphatic carbocycles. The minimum Gasteiger partial charge on any atom is -0.384 e. The highest BCUT2D eigenvalue weighted by atomic mass is 35.5. The number of pyridine rings is 2. The number of halogens is 1. The molecule has 0 atom stereocenters. The Morgan fingerprint density at radius 1 is 1.10 bits per heavy atom. The van der Waals surface area contributed by atoms with Gasteiger partial charge < -0.3 is 16.5 Å². The van der Waals surface area contributed by atoms with E-state index in [1.165, 1.54) is 10.2 Å². The number of amides is 1. The second-order valence-electron chi connectivity index (χ2n) is 7.23. The summed E-state index contributed by atoms with van der Waals surface area (Å²) in [4.78, 5) is 29.5. The summed E-state index contributed by atoms with van der Waals surface area (Å²) in [6.07, 6.45) is 2.52. The number of nitrogens with zero attached hydrogens (tertiary/aromatic N) is 2. The van der Waals surface area contributed by atoms with E-state index in [2.05, 4.69) is 15.7 Å². The SMILES string of the molecule is Cc1ccn(NCCc2ccccc2)c(=O)c1CC(=O)NCc1ccc(N)nc1C.Cl. The maximum Gasteiger partial charge on any atom is 0.272 e. The van der Waals surface area contributed by atoms with Crippen LogP contribution in [0, 0.1) is 13.8 Å². The van der Waals surface area contributed by atoms with E-state index in [-0.39, 0.29) is 30.3 Å². The molecule has 7 nitrogen and oxygen atoms in total. The molecule has 0 aliphatic rings. The topological polar surface area (TPSA) is 102 Å². The maximum absolute atomic E-state index is 12.8. The van der Waals surface area contributed by atoms with Crippen LogP contribution in [0.3, 0.4) is 0 Å². The van der Waals surface area contributed by atoms with E-state index in [4.69, 9.17) is 5.73 Å². The molecule has 8 heteroatoms. The maximum atomic E-state index is 12.8. The van der Waals surface area contributed by atoms with Gasteiger partial charge in [0.2, 0.25) is 5.91 Å². The van der Waals surface area contributed by atoms with Crippen LogP contribution in [0.25, 0.3) is 0 Å². The lowest BCUT2D eigenvalue weighted by atomic mass is 10.1. The number of hydrogen-bond donors (Lipinski definition) is 3. The molecule has 164 valence electrons. The molecule has 0 spiro atoms. The van der Waals surface area contributed by atoms with Gasteiger partial charge in [0.25, 0.3) is 5.56 Å². The van der Waals surface area contributed by atoms with Crippen molar-refractivity contribution in [2.75, 3.05) is 17.7 Å². The molecule has 0 saturated carbocycles. The Kier molecular flexibility index (Phi) is 8.63. The third-order valence-electron chi connectivity index (χ3n) is 5.00.